The molecule has 14 heteroatoms. The Bertz CT molecular complexity index is 1310. The zero-order valence-corrected chi connectivity index (χ0v) is 20.4. The number of ether oxygens (including phenoxy) is 1. The molecule has 0 bridgehead atoms. The Morgan fingerprint density at radius 1 is 1.03 bits per heavy atom. The SMILES string of the molecule is CCOC(=O)[C@@H]1C[C@@H]1c1ccc(C(F)(F)F)c(NC(=O)c2c(C)cc(OS(=O)(=O)C(F)(F)F)cc2C)c1. The summed E-state index contributed by atoms with van der Waals surface area (Å²) < 4.78 is 110. The summed E-state index contributed by atoms with van der Waals surface area (Å²) in [5, 5.41) is 2.19. The minimum absolute atomic E-state index is 0.0424. The number of carbonyl (C=O) groups excluding carboxylic acids is 2. The van der Waals surface area contributed by atoms with Gasteiger partial charge in [-0.2, -0.15) is 34.8 Å². The number of hydrogen-bond acceptors (Lipinski definition) is 6. The average Bonchev–Trinajstić information content (AvgIpc) is 3.52. The smallest absolute Gasteiger partial charge is 0.466 e. The number of nitrogens with one attached hydrogen (secondary N) is 1. The third-order valence-electron chi connectivity index (χ3n) is 5.63. The molecule has 7 nitrogen and oxygen atoms in total. The summed E-state index contributed by atoms with van der Waals surface area (Å²) in [7, 11) is -5.97. The number of esters is 1. The first-order chi connectivity index (χ1) is 17.0. The lowest BCUT2D eigenvalue weighted by molar-refractivity contribution is -0.144. The zero-order valence-electron chi connectivity index (χ0n) is 19.6. The second kappa shape index (κ2) is 9.88. The van der Waals surface area contributed by atoms with Gasteiger partial charge in [0.15, 0.2) is 0 Å². The number of anilines is 1. The van der Waals surface area contributed by atoms with Gasteiger partial charge >= 0.3 is 27.8 Å². The van der Waals surface area contributed by atoms with Gasteiger partial charge in [0.2, 0.25) is 0 Å². The Balaban J connectivity index is 1.91. The molecule has 3 rings (SSSR count). The largest absolute Gasteiger partial charge is 0.534 e. The summed E-state index contributed by atoms with van der Waals surface area (Å²) >= 11 is 0. The van der Waals surface area contributed by atoms with E-state index in [-0.39, 0.29) is 29.2 Å². The van der Waals surface area contributed by atoms with Crippen molar-refractivity contribution in [1.82, 2.24) is 0 Å². The average molecular weight is 553 g/mol. The lowest BCUT2D eigenvalue weighted by Crippen LogP contribution is -2.28. The van der Waals surface area contributed by atoms with Crippen LogP contribution in [0.4, 0.5) is 32.0 Å². The lowest BCUT2D eigenvalue weighted by Gasteiger charge is -2.18. The van der Waals surface area contributed by atoms with Crippen LogP contribution >= 0.6 is 0 Å². The van der Waals surface area contributed by atoms with Crippen LogP contribution in [0.2, 0.25) is 0 Å². The molecular weight excluding hydrogens is 532 g/mol. The predicted molar refractivity (Wildman–Crippen MR) is 118 cm³/mol. The van der Waals surface area contributed by atoms with Crippen molar-refractivity contribution in [2.75, 3.05) is 11.9 Å². The Morgan fingerprint density at radius 3 is 2.14 bits per heavy atom. The van der Waals surface area contributed by atoms with Crippen molar-refractivity contribution in [1.29, 1.82) is 0 Å². The second-order valence-corrected chi connectivity index (χ2v) is 9.91. The highest BCUT2D eigenvalue weighted by molar-refractivity contribution is 7.88. The summed E-state index contributed by atoms with van der Waals surface area (Å²) in [6, 6.07) is 4.81. The van der Waals surface area contributed by atoms with Crippen LogP contribution in [0.5, 0.6) is 5.75 Å². The number of aryl methyl sites for hydroxylation is 2. The molecule has 0 aliphatic heterocycles. The number of amides is 1. The van der Waals surface area contributed by atoms with E-state index in [1.165, 1.54) is 19.9 Å². The van der Waals surface area contributed by atoms with Crippen LogP contribution in [0.15, 0.2) is 30.3 Å². The summed E-state index contributed by atoms with van der Waals surface area (Å²) in [6.07, 6.45) is -4.46. The normalized spacial score (nSPS) is 17.8. The minimum Gasteiger partial charge on any atom is -0.466 e. The molecule has 2 aromatic rings. The molecule has 1 N–H and O–H groups in total. The number of hydrogen-bond donors (Lipinski definition) is 1. The molecule has 1 amide bonds. The number of carbonyl (C=O) groups is 2. The van der Waals surface area contributed by atoms with Gasteiger partial charge in [0.05, 0.1) is 23.8 Å². The van der Waals surface area contributed by atoms with E-state index in [4.69, 9.17) is 4.74 Å². The standard InChI is InChI=1S/C23H21F6NO6S/c1-4-35-21(32)16-10-15(16)13-5-6-17(22(24,25)26)18(9-13)30-20(31)19-11(2)7-14(8-12(19)3)36-37(33,34)23(27,28)29/h5-9,15-16H,4,10H2,1-3H3,(H,30,31)/t15-,16-/m1/s1. The Kier molecular flexibility index (Phi) is 7.55. The number of alkyl halides is 6. The minimum atomic E-state index is -5.97. The van der Waals surface area contributed by atoms with Crippen molar-refractivity contribution in [2.24, 2.45) is 5.92 Å². The number of rotatable bonds is 7. The molecule has 0 radical (unpaired) electrons. The second-order valence-electron chi connectivity index (χ2n) is 8.37. The van der Waals surface area contributed by atoms with Crippen LogP contribution in [0.25, 0.3) is 0 Å². The van der Waals surface area contributed by atoms with Crippen molar-refractivity contribution >= 4 is 27.7 Å². The van der Waals surface area contributed by atoms with E-state index in [2.05, 4.69) is 9.50 Å². The van der Waals surface area contributed by atoms with E-state index in [0.29, 0.717) is 12.0 Å². The van der Waals surface area contributed by atoms with E-state index in [0.717, 1.165) is 24.3 Å². The van der Waals surface area contributed by atoms with Gasteiger partial charge < -0.3 is 14.2 Å². The van der Waals surface area contributed by atoms with Crippen molar-refractivity contribution in [3.05, 3.63) is 58.1 Å². The zero-order chi connectivity index (χ0) is 27.9. The molecule has 0 spiro atoms. The number of benzene rings is 2. The Labute approximate surface area is 207 Å². The van der Waals surface area contributed by atoms with Gasteiger partial charge in [0.1, 0.15) is 5.75 Å². The third-order valence-corrected chi connectivity index (χ3v) is 6.61. The molecule has 1 aliphatic rings. The Morgan fingerprint density at radius 2 is 1.62 bits per heavy atom. The fourth-order valence-corrected chi connectivity index (χ4v) is 4.35. The molecule has 1 saturated carbocycles. The van der Waals surface area contributed by atoms with Gasteiger partial charge in [-0.05, 0) is 74.1 Å². The van der Waals surface area contributed by atoms with Gasteiger partial charge in [-0.3, -0.25) is 9.59 Å². The third kappa shape index (κ3) is 6.17. The Hall–Kier alpha value is -3.29. The maximum absolute atomic E-state index is 13.6. The molecular formula is C23H21F6NO6S. The summed E-state index contributed by atoms with van der Waals surface area (Å²) in [5.41, 5.74) is -7.30. The van der Waals surface area contributed by atoms with Crippen LogP contribution < -0.4 is 9.50 Å². The molecule has 0 aromatic heterocycles. The molecule has 1 aliphatic carbocycles. The fraction of sp³-hybridized carbons (Fsp3) is 0.391. The molecule has 2 atom stereocenters. The van der Waals surface area contributed by atoms with E-state index in [1.54, 1.807) is 6.92 Å². The first kappa shape index (κ1) is 28.3. The molecule has 0 heterocycles. The highest BCUT2D eigenvalue weighted by atomic mass is 32.2. The molecule has 0 unspecified atom stereocenters. The highest BCUT2D eigenvalue weighted by Crippen LogP contribution is 2.49. The molecule has 37 heavy (non-hydrogen) atoms. The van der Waals surface area contributed by atoms with E-state index in [1.807, 2.05) is 0 Å². The van der Waals surface area contributed by atoms with Crippen LogP contribution in [0.3, 0.4) is 0 Å². The quantitative estimate of drug-likeness (QED) is 0.211. The van der Waals surface area contributed by atoms with Crippen LogP contribution in [-0.2, 0) is 25.8 Å². The monoisotopic (exact) mass is 553 g/mol. The molecule has 2 aromatic carbocycles. The van der Waals surface area contributed by atoms with Gasteiger partial charge in [0, 0.05) is 5.56 Å². The van der Waals surface area contributed by atoms with Crippen molar-refractivity contribution in [3.63, 3.8) is 0 Å². The van der Waals surface area contributed by atoms with Gasteiger partial charge in [-0.25, -0.2) is 0 Å². The fourth-order valence-electron chi connectivity index (χ4n) is 3.91. The highest BCUT2D eigenvalue weighted by Gasteiger charge is 2.49. The molecule has 1 fully saturated rings. The summed E-state index contributed by atoms with van der Waals surface area (Å²) in [5.74, 6) is -3.10. The van der Waals surface area contributed by atoms with E-state index >= 15 is 0 Å². The van der Waals surface area contributed by atoms with Gasteiger partial charge in [0.25, 0.3) is 5.91 Å². The van der Waals surface area contributed by atoms with Crippen LogP contribution in [0.1, 0.15) is 51.9 Å². The molecule has 202 valence electrons. The van der Waals surface area contributed by atoms with Crippen molar-refractivity contribution in [2.45, 2.75) is 44.8 Å². The maximum atomic E-state index is 13.6. The van der Waals surface area contributed by atoms with Crippen molar-refractivity contribution in [3.8, 4) is 5.75 Å². The maximum Gasteiger partial charge on any atom is 0.534 e. The van der Waals surface area contributed by atoms with E-state index < -0.39 is 56.6 Å². The van der Waals surface area contributed by atoms with Gasteiger partial charge in [-0.1, -0.05) is 6.07 Å². The van der Waals surface area contributed by atoms with E-state index in [9.17, 15) is 44.3 Å². The van der Waals surface area contributed by atoms with Crippen molar-refractivity contribution < 1.29 is 53.3 Å². The van der Waals surface area contributed by atoms with Gasteiger partial charge in [-0.15, -0.1) is 0 Å². The summed E-state index contributed by atoms with van der Waals surface area (Å²) in [4.78, 5) is 24.9. The summed E-state index contributed by atoms with van der Waals surface area (Å²) in [6.45, 7) is 4.29. The van der Waals surface area contributed by atoms with Crippen LogP contribution in [0, 0.1) is 19.8 Å². The first-order valence-electron chi connectivity index (χ1n) is 10.8. The van der Waals surface area contributed by atoms with Crippen LogP contribution in [-0.4, -0.2) is 32.4 Å². The lowest BCUT2D eigenvalue weighted by atomic mass is 10.0. The topological polar surface area (TPSA) is 98.8 Å². The molecule has 0 saturated heterocycles. The first-order valence-corrected chi connectivity index (χ1v) is 12.2. The predicted octanol–water partition coefficient (Wildman–Crippen LogP) is 5.47. The number of halogens is 6.